The molecule has 0 radical (unpaired) electrons. The molecule has 202 valence electrons. The zero-order chi connectivity index (χ0) is 28.5. The number of esters is 1. The Morgan fingerprint density at radius 3 is 2.27 bits per heavy atom. The summed E-state index contributed by atoms with van der Waals surface area (Å²) in [6, 6.07) is 31.8. The van der Waals surface area contributed by atoms with E-state index in [0.717, 1.165) is 27.8 Å². The Bertz CT molecular complexity index is 1510. The predicted molar refractivity (Wildman–Crippen MR) is 160 cm³/mol. The fourth-order valence-corrected chi connectivity index (χ4v) is 4.56. The van der Waals surface area contributed by atoms with E-state index in [1.165, 1.54) is 7.11 Å². The van der Waals surface area contributed by atoms with Gasteiger partial charge in [-0.2, -0.15) is 0 Å². The summed E-state index contributed by atoms with van der Waals surface area (Å²) >= 11 is 0. The second kappa shape index (κ2) is 13.2. The number of hydrogen-bond donors (Lipinski definition) is 3. The monoisotopic (exact) mass is 531 g/mol. The third-order valence-corrected chi connectivity index (χ3v) is 6.72. The SMILES string of the molecule is COC(=O)C(Cc1cccc(C(=N)N)c1)C(C=Cc1ccccc1)NC(=O)c1ccc(-c2cccc(C)c2)cc1. The van der Waals surface area contributed by atoms with Crippen molar-refractivity contribution in [3.05, 3.63) is 137 Å². The van der Waals surface area contributed by atoms with Gasteiger partial charge >= 0.3 is 5.97 Å². The van der Waals surface area contributed by atoms with Crippen molar-refractivity contribution in [2.45, 2.75) is 19.4 Å². The fourth-order valence-electron chi connectivity index (χ4n) is 4.56. The largest absolute Gasteiger partial charge is 0.469 e. The number of ether oxygens (including phenoxy) is 1. The molecule has 6 nitrogen and oxygen atoms in total. The Morgan fingerprint density at radius 2 is 1.60 bits per heavy atom. The standard InChI is InChI=1S/C34H33N3O3/c1-23-8-6-12-28(20-23)26-15-17-27(18-16-26)33(38)37-31(19-14-24-9-4-3-5-10-24)30(34(39)40-2)22-25-11-7-13-29(21-25)32(35)36/h3-21,30-31H,22H2,1-2H3,(H3,35,36)(H,37,38). The highest BCUT2D eigenvalue weighted by Crippen LogP contribution is 2.22. The molecular formula is C34H33N3O3. The van der Waals surface area contributed by atoms with Crippen LogP contribution < -0.4 is 11.1 Å². The van der Waals surface area contributed by atoms with Gasteiger partial charge < -0.3 is 15.8 Å². The minimum atomic E-state index is -0.720. The summed E-state index contributed by atoms with van der Waals surface area (Å²) in [6.07, 6.45) is 3.99. The van der Waals surface area contributed by atoms with Crippen LogP contribution >= 0.6 is 0 Å². The highest BCUT2D eigenvalue weighted by Gasteiger charge is 2.30. The lowest BCUT2D eigenvalue weighted by atomic mass is 9.90. The number of carbonyl (C=O) groups is 2. The maximum atomic E-state index is 13.4. The van der Waals surface area contributed by atoms with Crippen molar-refractivity contribution >= 4 is 23.8 Å². The Balaban J connectivity index is 1.63. The van der Waals surface area contributed by atoms with E-state index in [-0.39, 0.29) is 18.2 Å². The number of hydrogen-bond acceptors (Lipinski definition) is 4. The van der Waals surface area contributed by atoms with Crippen LogP contribution in [0.3, 0.4) is 0 Å². The Kier molecular flexibility index (Phi) is 9.26. The molecule has 0 saturated carbocycles. The Labute approximate surface area is 235 Å². The normalized spacial score (nSPS) is 12.4. The first-order valence-corrected chi connectivity index (χ1v) is 13.1. The number of amides is 1. The smallest absolute Gasteiger partial charge is 0.311 e. The van der Waals surface area contributed by atoms with Gasteiger partial charge in [0.25, 0.3) is 5.91 Å². The fraction of sp³-hybridized carbons (Fsp3) is 0.147. The number of rotatable bonds is 10. The molecule has 2 unspecified atom stereocenters. The van der Waals surface area contributed by atoms with Crippen LogP contribution in [0.2, 0.25) is 0 Å². The molecule has 0 saturated heterocycles. The number of amidine groups is 1. The van der Waals surface area contributed by atoms with Crippen LogP contribution in [0, 0.1) is 18.3 Å². The van der Waals surface area contributed by atoms with Crippen molar-refractivity contribution in [1.82, 2.24) is 5.32 Å². The second-order valence-corrected chi connectivity index (χ2v) is 9.66. The van der Waals surface area contributed by atoms with E-state index in [1.807, 2.05) is 85.8 Å². The molecule has 4 aromatic carbocycles. The number of aryl methyl sites for hydroxylation is 1. The third kappa shape index (κ3) is 7.32. The third-order valence-electron chi connectivity index (χ3n) is 6.72. The first-order chi connectivity index (χ1) is 19.3. The van der Waals surface area contributed by atoms with Gasteiger partial charge in [-0.25, -0.2) is 0 Å². The van der Waals surface area contributed by atoms with Gasteiger partial charge in [-0.05, 0) is 53.8 Å². The van der Waals surface area contributed by atoms with Crippen molar-refractivity contribution in [2.24, 2.45) is 11.7 Å². The molecule has 2 atom stereocenters. The number of methoxy groups -OCH3 is 1. The highest BCUT2D eigenvalue weighted by molar-refractivity contribution is 5.96. The number of carbonyl (C=O) groups excluding carboxylic acids is 2. The van der Waals surface area contributed by atoms with Crippen LogP contribution in [0.4, 0.5) is 0 Å². The average Bonchev–Trinajstić information content (AvgIpc) is 2.98. The molecule has 0 aliphatic rings. The number of nitrogens with two attached hydrogens (primary N) is 1. The molecule has 0 aliphatic heterocycles. The van der Waals surface area contributed by atoms with Gasteiger partial charge in [0.05, 0.1) is 19.1 Å². The number of benzene rings is 4. The molecule has 40 heavy (non-hydrogen) atoms. The van der Waals surface area contributed by atoms with E-state index in [2.05, 4.69) is 11.4 Å². The number of nitrogens with one attached hydrogen (secondary N) is 2. The first-order valence-electron chi connectivity index (χ1n) is 13.1. The second-order valence-electron chi connectivity index (χ2n) is 9.66. The summed E-state index contributed by atoms with van der Waals surface area (Å²) < 4.78 is 5.17. The van der Waals surface area contributed by atoms with E-state index >= 15 is 0 Å². The van der Waals surface area contributed by atoms with Gasteiger partial charge in [0.1, 0.15) is 5.84 Å². The summed E-state index contributed by atoms with van der Waals surface area (Å²) in [5, 5.41) is 10.8. The van der Waals surface area contributed by atoms with Gasteiger partial charge in [0.2, 0.25) is 0 Å². The van der Waals surface area contributed by atoms with Gasteiger partial charge in [-0.15, -0.1) is 0 Å². The van der Waals surface area contributed by atoms with Gasteiger partial charge in [-0.1, -0.05) is 103 Å². The zero-order valence-corrected chi connectivity index (χ0v) is 22.6. The van der Waals surface area contributed by atoms with Crippen LogP contribution in [0.15, 0.2) is 109 Å². The lowest BCUT2D eigenvalue weighted by Crippen LogP contribution is -2.43. The summed E-state index contributed by atoms with van der Waals surface area (Å²) in [4.78, 5) is 26.5. The molecule has 1 amide bonds. The van der Waals surface area contributed by atoms with Crippen molar-refractivity contribution in [1.29, 1.82) is 5.41 Å². The van der Waals surface area contributed by atoms with E-state index in [4.69, 9.17) is 15.9 Å². The minimum Gasteiger partial charge on any atom is -0.469 e. The van der Waals surface area contributed by atoms with Crippen molar-refractivity contribution in [3.8, 4) is 11.1 Å². The van der Waals surface area contributed by atoms with Crippen LogP contribution in [-0.2, 0) is 16.0 Å². The van der Waals surface area contributed by atoms with E-state index < -0.39 is 17.9 Å². The van der Waals surface area contributed by atoms with Crippen LogP contribution in [-0.4, -0.2) is 30.9 Å². The molecule has 4 N–H and O–H groups in total. The highest BCUT2D eigenvalue weighted by atomic mass is 16.5. The molecular weight excluding hydrogens is 498 g/mol. The van der Waals surface area contributed by atoms with Gasteiger partial charge in [0.15, 0.2) is 0 Å². The molecule has 0 heterocycles. The molecule has 4 aromatic rings. The lowest BCUT2D eigenvalue weighted by molar-refractivity contribution is -0.145. The molecule has 0 fully saturated rings. The molecule has 0 aromatic heterocycles. The van der Waals surface area contributed by atoms with Crippen LogP contribution in [0.5, 0.6) is 0 Å². The maximum Gasteiger partial charge on any atom is 0.311 e. The molecule has 0 spiro atoms. The Morgan fingerprint density at radius 1 is 0.875 bits per heavy atom. The van der Waals surface area contributed by atoms with E-state index in [0.29, 0.717) is 11.1 Å². The van der Waals surface area contributed by atoms with Crippen LogP contribution in [0.25, 0.3) is 17.2 Å². The summed E-state index contributed by atoms with van der Waals surface area (Å²) in [6.45, 7) is 2.04. The van der Waals surface area contributed by atoms with Crippen molar-refractivity contribution < 1.29 is 14.3 Å². The van der Waals surface area contributed by atoms with E-state index in [1.54, 1.807) is 30.3 Å². The molecule has 4 rings (SSSR count). The zero-order valence-electron chi connectivity index (χ0n) is 22.6. The summed E-state index contributed by atoms with van der Waals surface area (Å²) in [7, 11) is 1.34. The minimum absolute atomic E-state index is 0.0561. The summed E-state index contributed by atoms with van der Waals surface area (Å²) in [5.74, 6) is -1.53. The van der Waals surface area contributed by atoms with Crippen LogP contribution in [0.1, 0.15) is 32.6 Å². The lowest BCUT2D eigenvalue weighted by Gasteiger charge is -2.24. The van der Waals surface area contributed by atoms with Crippen molar-refractivity contribution in [2.75, 3.05) is 7.11 Å². The molecule has 0 aliphatic carbocycles. The average molecular weight is 532 g/mol. The topological polar surface area (TPSA) is 105 Å². The van der Waals surface area contributed by atoms with Gasteiger partial charge in [0, 0.05) is 11.1 Å². The predicted octanol–water partition coefficient (Wildman–Crippen LogP) is 5.79. The first kappa shape index (κ1) is 28.0. The summed E-state index contributed by atoms with van der Waals surface area (Å²) in [5.41, 5.74) is 11.7. The Hall–Kier alpha value is -4.97. The quantitative estimate of drug-likeness (QED) is 0.137. The molecule has 0 bridgehead atoms. The van der Waals surface area contributed by atoms with Gasteiger partial charge in [-0.3, -0.25) is 15.0 Å². The van der Waals surface area contributed by atoms with Crippen molar-refractivity contribution in [3.63, 3.8) is 0 Å². The molecule has 6 heteroatoms. The van der Waals surface area contributed by atoms with E-state index in [9.17, 15) is 9.59 Å². The number of nitrogen functional groups attached to an aromatic ring is 1. The maximum absolute atomic E-state index is 13.4.